The second-order valence-corrected chi connectivity index (χ2v) is 7.10. The zero-order chi connectivity index (χ0) is 23.4. The number of hydrogen-bond donors (Lipinski definition) is 1. The van der Waals surface area contributed by atoms with Gasteiger partial charge in [0.05, 0.1) is 18.2 Å². The highest BCUT2D eigenvalue weighted by molar-refractivity contribution is 6.01. The molecule has 0 aliphatic carbocycles. The number of nitrogens with zero attached hydrogens (tertiary/aromatic N) is 1. The minimum atomic E-state index is -0.679. The maximum absolute atomic E-state index is 12.7. The van der Waals surface area contributed by atoms with Crippen LogP contribution in [0.1, 0.15) is 52.8 Å². The molecule has 0 unspecified atom stereocenters. The van der Waals surface area contributed by atoms with Gasteiger partial charge in [0.25, 0.3) is 0 Å². The highest BCUT2D eigenvalue weighted by atomic mass is 16.5. The molecule has 8 heteroatoms. The third-order valence-corrected chi connectivity index (χ3v) is 5.02. The molecule has 3 rings (SSSR count). The van der Waals surface area contributed by atoms with Gasteiger partial charge in [0, 0.05) is 28.2 Å². The molecular weight excluding hydrogens is 412 g/mol. The Kier molecular flexibility index (Phi) is 6.53. The quantitative estimate of drug-likeness (QED) is 0.451. The van der Waals surface area contributed by atoms with Crippen LogP contribution in [0.3, 0.4) is 0 Å². The Labute approximate surface area is 184 Å². The van der Waals surface area contributed by atoms with Crippen LogP contribution >= 0.6 is 0 Å². The summed E-state index contributed by atoms with van der Waals surface area (Å²) in [7, 11) is 1.32. The number of nitrogens with two attached hydrogens (primary N) is 1. The van der Waals surface area contributed by atoms with Crippen molar-refractivity contribution in [2.45, 2.75) is 13.8 Å². The van der Waals surface area contributed by atoms with Crippen LogP contribution in [0, 0.1) is 13.8 Å². The second kappa shape index (κ2) is 9.30. The molecule has 0 aliphatic heterocycles. The Balaban J connectivity index is 1.73. The van der Waals surface area contributed by atoms with Gasteiger partial charge in [-0.3, -0.25) is 9.59 Å². The van der Waals surface area contributed by atoms with Crippen molar-refractivity contribution in [3.8, 4) is 5.69 Å². The molecule has 8 nitrogen and oxygen atoms in total. The van der Waals surface area contributed by atoms with Crippen molar-refractivity contribution in [3.63, 3.8) is 0 Å². The largest absolute Gasteiger partial charge is 0.465 e. The predicted molar refractivity (Wildman–Crippen MR) is 116 cm³/mol. The minimum absolute atomic E-state index is 0.207. The number of ether oxygens (including phenoxy) is 2. The number of Topliss-reactive ketones (excluding diaryl/α,β-unsaturated/α-hetero) is 1. The molecule has 1 aromatic heterocycles. The first-order valence-corrected chi connectivity index (χ1v) is 9.70. The summed E-state index contributed by atoms with van der Waals surface area (Å²) in [5.74, 6) is -2.06. The molecule has 0 bridgehead atoms. The van der Waals surface area contributed by atoms with E-state index in [0.29, 0.717) is 16.8 Å². The van der Waals surface area contributed by atoms with Crippen molar-refractivity contribution in [1.82, 2.24) is 4.57 Å². The van der Waals surface area contributed by atoms with Crippen molar-refractivity contribution in [2.24, 2.45) is 5.73 Å². The molecule has 2 aromatic carbocycles. The lowest BCUT2D eigenvalue weighted by molar-refractivity contribution is 0.0474. The number of esters is 2. The first kappa shape index (κ1) is 22.5. The van der Waals surface area contributed by atoms with E-state index in [9.17, 15) is 19.2 Å². The smallest absolute Gasteiger partial charge is 0.338 e. The molecule has 1 amide bonds. The summed E-state index contributed by atoms with van der Waals surface area (Å²) in [6.07, 6.45) is 0. The van der Waals surface area contributed by atoms with Crippen LogP contribution in [0.4, 0.5) is 0 Å². The molecule has 0 saturated carbocycles. The van der Waals surface area contributed by atoms with Gasteiger partial charge in [0.15, 0.2) is 6.61 Å². The molecule has 164 valence electrons. The van der Waals surface area contributed by atoms with Crippen molar-refractivity contribution in [1.29, 1.82) is 0 Å². The van der Waals surface area contributed by atoms with Crippen LogP contribution in [0.5, 0.6) is 0 Å². The number of rotatable bonds is 7. The average Bonchev–Trinajstić information content (AvgIpc) is 3.10. The Hall–Kier alpha value is -4.20. The fourth-order valence-electron chi connectivity index (χ4n) is 3.37. The fourth-order valence-corrected chi connectivity index (χ4v) is 3.37. The van der Waals surface area contributed by atoms with Gasteiger partial charge >= 0.3 is 11.9 Å². The molecule has 0 saturated heterocycles. The van der Waals surface area contributed by atoms with E-state index in [0.717, 1.165) is 11.4 Å². The minimum Gasteiger partial charge on any atom is -0.465 e. The molecule has 0 atom stereocenters. The van der Waals surface area contributed by atoms with Crippen LogP contribution in [0.25, 0.3) is 5.69 Å². The van der Waals surface area contributed by atoms with E-state index in [1.807, 2.05) is 11.5 Å². The van der Waals surface area contributed by atoms with E-state index in [4.69, 9.17) is 15.2 Å². The normalized spacial score (nSPS) is 10.5. The number of methoxy groups -OCH3 is 1. The summed E-state index contributed by atoms with van der Waals surface area (Å²) in [5.41, 5.74) is 8.77. The van der Waals surface area contributed by atoms with Crippen LogP contribution in [-0.4, -0.2) is 41.9 Å². The lowest BCUT2D eigenvalue weighted by atomic mass is 10.1. The zero-order valence-corrected chi connectivity index (χ0v) is 17.9. The summed E-state index contributed by atoms with van der Waals surface area (Å²) >= 11 is 0. The van der Waals surface area contributed by atoms with E-state index in [1.54, 1.807) is 37.3 Å². The first-order chi connectivity index (χ1) is 15.2. The van der Waals surface area contributed by atoms with Gasteiger partial charge in [-0.15, -0.1) is 0 Å². The van der Waals surface area contributed by atoms with Crippen LogP contribution in [0.15, 0.2) is 54.6 Å². The lowest BCUT2D eigenvalue weighted by Gasteiger charge is -2.11. The zero-order valence-electron chi connectivity index (χ0n) is 17.9. The van der Waals surface area contributed by atoms with Crippen molar-refractivity contribution < 1.29 is 28.7 Å². The molecule has 0 fully saturated rings. The number of carbonyl (C=O) groups is 4. The Bertz CT molecular complexity index is 1190. The Morgan fingerprint density at radius 1 is 0.844 bits per heavy atom. The summed E-state index contributed by atoms with van der Waals surface area (Å²) in [5, 5.41) is 0. The SMILES string of the molecule is COC(=O)c1ccc(-n2c(C)cc(C(=O)COC(=O)c3ccc(C(N)=O)cc3)c2C)cc1. The van der Waals surface area contributed by atoms with Crippen molar-refractivity contribution in [2.75, 3.05) is 13.7 Å². The van der Waals surface area contributed by atoms with Gasteiger partial charge in [0.2, 0.25) is 11.7 Å². The third kappa shape index (κ3) is 4.59. The average molecular weight is 434 g/mol. The number of amides is 1. The van der Waals surface area contributed by atoms with Crippen LogP contribution in [-0.2, 0) is 9.47 Å². The number of ketones is 1. The van der Waals surface area contributed by atoms with Crippen LogP contribution < -0.4 is 5.73 Å². The molecule has 3 aromatic rings. The maximum atomic E-state index is 12.7. The Morgan fingerprint density at radius 3 is 1.94 bits per heavy atom. The van der Waals surface area contributed by atoms with Gasteiger partial charge in [-0.1, -0.05) is 0 Å². The number of carbonyl (C=O) groups excluding carboxylic acids is 4. The van der Waals surface area contributed by atoms with Gasteiger partial charge < -0.3 is 19.8 Å². The monoisotopic (exact) mass is 434 g/mol. The summed E-state index contributed by atoms with van der Waals surface area (Å²) < 4.78 is 11.7. The number of primary amides is 1. The number of aryl methyl sites for hydroxylation is 1. The topological polar surface area (TPSA) is 118 Å². The second-order valence-electron chi connectivity index (χ2n) is 7.10. The molecular formula is C24H22N2O6. The summed E-state index contributed by atoms with van der Waals surface area (Å²) in [6, 6.07) is 14.2. The predicted octanol–water partition coefficient (Wildman–Crippen LogP) is 3.02. The molecule has 0 spiro atoms. The third-order valence-electron chi connectivity index (χ3n) is 5.02. The van der Waals surface area contributed by atoms with Gasteiger partial charge in [-0.2, -0.15) is 0 Å². The molecule has 1 heterocycles. The number of benzene rings is 2. The van der Waals surface area contributed by atoms with E-state index in [1.165, 1.54) is 31.4 Å². The van der Waals surface area contributed by atoms with E-state index in [-0.39, 0.29) is 16.9 Å². The summed E-state index contributed by atoms with van der Waals surface area (Å²) in [6.45, 7) is 3.21. The highest BCUT2D eigenvalue weighted by Crippen LogP contribution is 2.22. The molecule has 0 aliphatic rings. The number of hydrogen-bond acceptors (Lipinski definition) is 6. The number of aromatic nitrogens is 1. The lowest BCUT2D eigenvalue weighted by Crippen LogP contribution is -2.15. The van der Waals surface area contributed by atoms with E-state index in [2.05, 4.69) is 0 Å². The summed E-state index contributed by atoms with van der Waals surface area (Å²) in [4.78, 5) is 47.7. The van der Waals surface area contributed by atoms with Crippen molar-refractivity contribution >= 4 is 23.6 Å². The van der Waals surface area contributed by atoms with Gasteiger partial charge in [0.1, 0.15) is 0 Å². The molecule has 32 heavy (non-hydrogen) atoms. The standard InChI is InChI=1S/C24H22N2O6/c1-14-12-20(15(2)26(14)19-10-8-17(9-11-19)23(29)31-3)21(27)13-32-24(30)18-6-4-16(5-7-18)22(25)28/h4-12H,13H2,1-3H3,(H2,25,28). The van der Waals surface area contributed by atoms with E-state index < -0.39 is 24.5 Å². The van der Waals surface area contributed by atoms with Gasteiger partial charge in [-0.05, 0) is 68.4 Å². The first-order valence-electron chi connectivity index (χ1n) is 9.70. The van der Waals surface area contributed by atoms with Gasteiger partial charge in [-0.25, -0.2) is 9.59 Å². The molecule has 2 N–H and O–H groups in total. The Morgan fingerprint density at radius 2 is 1.38 bits per heavy atom. The fraction of sp³-hybridized carbons (Fsp3) is 0.167. The van der Waals surface area contributed by atoms with Crippen LogP contribution in [0.2, 0.25) is 0 Å². The van der Waals surface area contributed by atoms with Crippen molar-refractivity contribution in [3.05, 3.63) is 88.2 Å². The van der Waals surface area contributed by atoms with E-state index >= 15 is 0 Å². The molecule has 0 radical (unpaired) electrons. The maximum Gasteiger partial charge on any atom is 0.338 e. The highest BCUT2D eigenvalue weighted by Gasteiger charge is 2.19.